The van der Waals surface area contributed by atoms with Crippen molar-refractivity contribution >= 4 is 23.6 Å². The molecule has 2 rings (SSSR count). The highest BCUT2D eigenvalue weighted by Crippen LogP contribution is 2.25. The molecule has 2 unspecified atom stereocenters. The Bertz CT molecular complexity index is 304. The van der Waals surface area contributed by atoms with E-state index in [-0.39, 0.29) is 11.8 Å². The normalized spacial score (nSPS) is 29.1. The van der Waals surface area contributed by atoms with Crippen molar-refractivity contribution in [1.82, 2.24) is 4.90 Å². The van der Waals surface area contributed by atoms with E-state index in [0.29, 0.717) is 19.7 Å². The average Bonchev–Trinajstić information content (AvgIpc) is 2.91. The zero-order valence-electron chi connectivity index (χ0n) is 9.89. The molecule has 2 atom stereocenters. The molecule has 5 nitrogen and oxygen atoms in total. The molecule has 0 aromatic rings. The number of methoxy groups -OCH3 is 1. The fourth-order valence-electron chi connectivity index (χ4n) is 2.11. The molecule has 6 heteroatoms. The van der Waals surface area contributed by atoms with Crippen molar-refractivity contribution in [2.75, 3.05) is 38.3 Å². The Hall–Kier alpha value is -0.750. The lowest BCUT2D eigenvalue weighted by molar-refractivity contribution is -0.163. The van der Waals surface area contributed by atoms with E-state index in [0.717, 1.165) is 17.9 Å². The molecule has 0 N–H and O–H groups in total. The van der Waals surface area contributed by atoms with Crippen LogP contribution in [0.3, 0.4) is 0 Å². The maximum atomic E-state index is 12.2. The van der Waals surface area contributed by atoms with Crippen molar-refractivity contribution in [3.05, 3.63) is 0 Å². The fourth-order valence-corrected chi connectivity index (χ4v) is 3.32. The fraction of sp³-hybridized carbons (Fsp3) is 0.818. The number of morpholine rings is 1. The number of carbonyl (C=O) groups is 2. The van der Waals surface area contributed by atoms with Gasteiger partial charge in [0.05, 0.1) is 20.3 Å². The first-order valence-electron chi connectivity index (χ1n) is 5.78. The second-order valence-corrected chi connectivity index (χ2v) is 5.38. The molecule has 2 aliphatic heterocycles. The van der Waals surface area contributed by atoms with Crippen molar-refractivity contribution < 1.29 is 19.1 Å². The second-order valence-electron chi connectivity index (χ2n) is 4.23. The van der Waals surface area contributed by atoms with Gasteiger partial charge in [-0.05, 0) is 12.2 Å². The number of nitrogens with zero attached hydrogens (tertiary/aromatic N) is 1. The molecule has 2 saturated heterocycles. The first kappa shape index (κ1) is 12.7. The van der Waals surface area contributed by atoms with Gasteiger partial charge in [-0.15, -0.1) is 0 Å². The lowest BCUT2D eigenvalue weighted by Crippen LogP contribution is -2.50. The third-order valence-corrected chi connectivity index (χ3v) is 4.28. The molecule has 0 aromatic carbocycles. The van der Waals surface area contributed by atoms with E-state index in [1.165, 1.54) is 7.11 Å². The van der Waals surface area contributed by atoms with Crippen LogP contribution >= 0.6 is 11.8 Å². The van der Waals surface area contributed by atoms with Crippen LogP contribution in [0.5, 0.6) is 0 Å². The smallest absolute Gasteiger partial charge is 0.336 e. The van der Waals surface area contributed by atoms with Gasteiger partial charge in [-0.3, -0.25) is 4.79 Å². The molecule has 0 radical (unpaired) electrons. The van der Waals surface area contributed by atoms with Crippen LogP contribution in [0, 0.1) is 5.92 Å². The summed E-state index contributed by atoms with van der Waals surface area (Å²) in [5, 5.41) is 0. The van der Waals surface area contributed by atoms with Crippen molar-refractivity contribution in [1.29, 1.82) is 0 Å². The first-order chi connectivity index (χ1) is 8.22. The highest BCUT2D eigenvalue weighted by atomic mass is 32.2. The highest BCUT2D eigenvalue weighted by Gasteiger charge is 2.34. The van der Waals surface area contributed by atoms with Crippen molar-refractivity contribution in [3.8, 4) is 0 Å². The van der Waals surface area contributed by atoms with Gasteiger partial charge in [-0.25, -0.2) is 4.79 Å². The lowest BCUT2D eigenvalue weighted by atomic mass is 10.1. The van der Waals surface area contributed by atoms with E-state index < -0.39 is 12.1 Å². The highest BCUT2D eigenvalue weighted by molar-refractivity contribution is 7.99. The standard InChI is InChI=1S/C11H17NO4S/c1-15-11(14)9-6-12(3-4-16-9)10(13)8-2-5-17-7-8/h8-9H,2-7H2,1H3. The van der Waals surface area contributed by atoms with Gasteiger partial charge in [0, 0.05) is 18.2 Å². The van der Waals surface area contributed by atoms with Crippen molar-refractivity contribution in [2.24, 2.45) is 5.92 Å². The number of esters is 1. The van der Waals surface area contributed by atoms with Crippen LogP contribution in [0.25, 0.3) is 0 Å². The van der Waals surface area contributed by atoms with Gasteiger partial charge < -0.3 is 14.4 Å². The molecule has 96 valence electrons. The Morgan fingerprint density at radius 1 is 1.47 bits per heavy atom. The van der Waals surface area contributed by atoms with Gasteiger partial charge in [0.2, 0.25) is 5.91 Å². The zero-order valence-corrected chi connectivity index (χ0v) is 10.7. The van der Waals surface area contributed by atoms with Gasteiger partial charge in [0.1, 0.15) is 0 Å². The number of hydrogen-bond acceptors (Lipinski definition) is 5. The summed E-state index contributed by atoms with van der Waals surface area (Å²) in [4.78, 5) is 25.3. The summed E-state index contributed by atoms with van der Waals surface area (Å²) in [7, 11) is 1.33. The Balaban J connectivity index is 1.92. The van der Waals surface area contributed by atoms with E-state index in [2.05, 4.69) is 4.74 Å². The topological polar surface area (TPSA) is 55.8 Å². The number of hydrogen-bond donors (Lipinski definition) is 0. The minimum absolute atomic E-state index is 0.122. The molecular formula is C11H17NO4S. The van der Waals surface area contributed by atoms with Crippen LogP contribution in [0.4, 0.5) is 0 Å². The summed E-state index contributed by atoms with van der Waals surface area (Å²) in [5.74, 6) is 1.84. The third-order valence-electron chi connectivity index (χ3n) is 3.12. The minimum atomic E-state index is -0.619. The third kappa shape index (κ3) is 2.93. The van der Waals surface area contributed by atoms with E-state index in [1.807, 2.05) is 11.8 Å². The van der Waals surface area contributed by atoms with E-state index >= 15 is 0 Å². The summed E-state index contributed by atoms with van der Waals surface area (Å²) in [6.45, 7) is 1.31. The number of thioether (sulfide) groups is 1. The summed E-state index contributed by atoms with van der Waals surface area (Å²) >= 11 is 1.82. The summed E-state index contributed by atoms with van der Waals surface area (Å²) in [6.07, 6.45) is 0.329. The molecule has 0 aromatic heterocycles. The summed E-state index contributed by atoms with van der Waals surface area (Å²) in [6, 6.07) is 0. The van der Waals surface area contributed by atoms with Gasteiger partial charge in [-0.2, -0.15) is 11.8 Å². The van der Waals surface area contributed by atoms with Crippen LogP contribution in [-0.4, -0.2) is 61.2 Å². The quantitative estimate of drug-likeness (QED) is 0.660. The SMILES string of the molecule is COC(=O)C1CN(C(=O)C2CCSC2)CCO1. The molecule has 17 heavy (non-hydrogen) atoms. The van der Waals surface area contributed by atoms with E-state index in [4.69, 9.17) is 4.74 Å². The van der Waals surface area contributed by atoms with Gasteiger partial charge in [0.25, 0.3) is 0 Å². The van der Waals surface area contributed by atoms with Crippen LogP contribution in [0.1, 0.15) is 6.42 Å². The number of rotatable bonds is 2. The van der Waals surface area contributed by atoms with Crippen LogP contribution < -0.4 is 0 Å². The first-order valence-corrected chi connectivity index (χ1v) is 6.94. The van der Waals surface area contributed by atoms with Gasteiger partial charge in [0.15, 0.2) is 6.10 Å². The molecule has 0 saturated carbocycles. The van der Waals surface area contributed by atoms with Crippen LogP contribution in [0.2, 0.25) is 0 Å². The number of carbonyl (C=O) groups excluding carboxylic acids is 2. The van der Waals surface area contributed by atoms with E-state index in [1.54, 1.807) is 4.90 Å². The van der Waals surface area contributed by atoms with Crippen molar-refractivity contribution in [3.63, 3.8) is 0 Å². The molecule has 2 fully saturated rings. The zero-order chi connectivity index (χ0) is 12.3. The Labute approximate surface area is 105 Å². The molecule has 2 aliphatic rings. The second kappa shape index (κ2) is 5.73. The Morgan fingerprint density at radius 3 is 2.94 bits per heavy atom. The summed E-state index contributed by atoms with van der Waals surface area (Å²) < 4.78 is 9.94. The molecule has 2 heterocycles. The van der Waals surface area contributed by atoms with E-state index in [9.17, 15) is 9.59 Å². The van der Waals surface area contributed by atoms with Crippen LogP contribution in [-0.2, 0) is 19.1 Å². The Kier molecular flexibility index (Phi) is 4.28. The molecule has 0 spiro atoms. The minimum Gasteiger partial charge on any atom is -0.467 e. The van der Waals surface area contributed by atoms with Crippen molar-refractivity contribution in [2.45, 2.75) is 12.5 Å². The number of amides is 1. The lowest BCUT2D eigenvalue weighted by Gasteiger charge is -2.33. The summed E-state index contributed by atoms with van der Waals surface area (Å²) in [5.41, 5.74) is 0. The average molecular weight is 259 g/mol. The molecule has 0 aliphatic carbocycles. The molecular weight excluding hydrogens is 242 g/mol. The monoisotopic (exact) mass is 259 g/mol. The maximum Gasteiger partial charge on any atom is 0.336 e. The van der Waals surface area contributed by atoms with Gasteiger partial charge in [-0.1, -0.05) is 0 Å². The Morgan fingerprint density at radius 2 is 2.29 bits per heavy atom. The predicted molar refractivity (Wildman–Crippen MR) is 63.8 cm³/mol. The van der Waals surface area contributed by atoms with Crippen LogP contribution in [0.15, 0.2) is 0 Å². The molecule has 0 bridgehead atoms. The predicted octanol–water partition coefficient (Wildman–Crippen LogP) is 0.140. The number of ether oxygens (including phenoxy) is 2. The molecule has 1 amide bonds. The van der Waals surface area contributed by atoms with Gasteiger partial charge >= 0.3 is 5.97 Å². The largest absolute Gasteiger partial charge is 0.467 e. The maximum absolute atomic E-state index is 12.2.